The van der Waals surface area contributed by atoms with Crippen molar-refractivity contribution in [3.63, 3.8) is 0 Å². The van der Waals surface area contributed by atoms with Crippen LogP contribution in [0.4, 0.5) is 5.69 Å². The molecule has 0 N–H and O–H groups in total. The predicted molar refractivity (Wildman–Crippen MR) is 110 cm³/mol. The Bertz CT molecular complexity index is 1190. The zero-order valence-electron chi connectivity index (χ0n) is 25.3. The highest BCUT2D eigenvalue weighted by atomic mass is 16.5. The van der Waals surface area contributed by atoms with Gasteiger partial charge >= 0.3 is 5.69 Å². The first kappa shape index (κ1) is 12.2. The second kappa shape index (κ2) is 9.32. The number of aryl methyl sites for hydroxylation is 2. The molecule has 1 aliphatic rings. The van der Waals surface area contributed by atoms with Crippen LogP contribution < -0.4 is 10.6 Å². The fourth-order valence-electron chi connectivity index (χ4n) is 3.23. The van der Waals surface area contributed by atoms with Crippen LogP contribution in [-0.4, -0.2) is 62.9 Å². The number of hydrogen-bond acceptors (Lipinski definition) is 6. The zero-order chi connectivity index (χ0) is 28.7. The number of likely N-dealkylation sites (tertiary alicyclic amines) is 1. The van der Waals surface area contributed by atoms with E-state index in [0.717, 1.165) is 21.4 Å². The molecular formula is C20H30N6O3. The number of aromatic nitrogens is 4. The first-order chi connectivity index (χ1) is 17.4. The largest absolute Gasteiger partial charge is 0.363 e. The van der Waals surface area contributed by atoms with Crippen molar-refractivity contribution in [1.29, 1.82) is 0 Å². The maximum Gasteiger partial charge on any atom is 0.363 e. The topological polar surface area (TPSA) is 85.5 Å². The molecule has 1 fully saturated rings. The van der Waals surface area contributed by atoms with E-state index in [2.05, 4.69) is 10.4 Å². The van der Waals surface area contributed by atoms with Gasteiger partial charge in [-0.1, -0.05) is 25.1 Å². The molecule has 0 saturated carbocycles. The third-order valence-corrected chi connectivity index (χ3v) is 4.83. The van der Waals surface area contributed by atoms with E-state index >= 15 is 0 Å². The third kappa shape index (κ3) is 4.40. The highest BCUT2D eigenvalue weighted by Gasteiger charge is 2.43. The summed E-state index contributed by atoms with van der Waals surface area (Å²) in [5, 5.41) is 7.05. The molecule has 0 spiro atoms. The van der Waals surface area contributed by atoms with Crippen LogP contribution in [-0.2, 0) is 22.6 Å². The molecule has 0 bridgehead atoms. The maximum atomic E-state index is 13.3. The van der Waals surface area contributed by atoms with Crippen molar-refractivity contribution < 1.29 is 21.9 Å². The Morgan fingerprint density at radius 3 is 2.48 bits per heavy atom. The van der Waals surface area contributed by atoms with Crippen LogP contribution in [0.15, 0.2) is 35.1 Å². The summed E-state index contributed by atoms with van der Waals surface area (Å²) >= 11 is 0. The molecule has 2 aromatic rings. The standard InChI is InChI=1S/C20H30N6O3/c1-4-18(27)26(17-9-7-6-8-10-17)20(29-3)11-13-23(14-12-20)15-16-25-19(28)24(5-2)21-22-25/h6-10H,4-5,11-16H2,1-3H3/i3D3,4D2,15D2,16D2. The van der Waals surface area contributed by atoms with E-state index in [-0.39, 0.29) is 38.2 Å². The summed E-state index contributed by atoms with van der Waals surface area (Å²) in [5.41, 5.74) is -2.67. The Labute approximate surface area is 183 Å². The number of nitrogens with zero attached hydrogens (tertiary/aromatic N) is 6. The van der Waals surface area contributed by atoms with Crippen LogP contribution in [0.2, 0.25) is 0 Å². The van der Waals surface area contributed by atoms with Gasteiger partial charge in [0.05, 0.1) is 13.4 Å². The molecule has 1 aromatic carbocycles. The van der Waals surface area contributed by atoms with Gasteiger partial charge in [-0.25, -0.2) is 4.79 Å². The number of hydrogen-bond donors (Lipinski definition) is 0. The van der Waals surface area contributed by atoms with E-state index in [0.29, 0.717) is 4.68 Å². The van der Waals surface area contributed by atoms with E-state index < -0.39 is 43.7 Å². The Balaban J connectivity index is 2.02. The van der Waals surface area contributed by atoms with Gasteiger partial charge in [-0.15, -0.1) is 0 Å². The van der Waals surface area contributed by atoms with Crippen LogP contribution >= 0.6 is 0 Å². The molecule has 0 unspecified atom stereocenters. The number of amides is 1. The van der Waals surface area contributed by atoms with E-state index in [1.165, 1.54) is 12.1 Å². The van der Waals surface area contributed by atoms with Gasteiger partial charge < -0.3 is 9.64 Å². The second-order valence-corrected chi connectivity index (χ2v) is 6.47. The minimum atomic E-state index is -3.00. The van der Waals surface area contributed by atoms with Crippen molar-refractivity contribution in [2.24, 2.45) is 0 Å². The molecule has 3 rings (SSSR count). The predicted octanol–water partition coefficient (Wildman–Crippen LogP) is 1.34. The van der Waals surface area contributed by atoms with Crippen LogP contribution in [0, 0.1) is 0 Å². The van der Waals surface area contributed by atoms with E-state index in [9.17, 15) is 9.59 Å². The molecule has 1 saturated heterocycles. The summed E-state index contributed by atoms with van der Waals surface area (Å²) in [6, 6.07) is 7.85. The average Bonchev–Trinajstić information content (AvgIpc) is 3.19. The van der Waals surface area contributed by atoms with Gasteiger partial charge in [-0.05, 0) is 29.5 Å². The number of methoxy groups -OCH3 is 1. The summed E-state index contributed by atoms with van der Waals surface area (Å²) in [6.45, 7) is -3.66. The molecule has 9 nitrogen and oxygen atoms in total. The first-order valence-corrected chi connectivity index (χ1v) is 9.26. The lowest BCUT2D eigenvalue weighted by Gasteiger charge is -2.47. The number of carbonyl (C=O) groups excluding carboxylic acids is 1. The smallest absolute Gasteiger partial charge is 0.358 e. The minimum Gasteiger partial charge on any atom is -0.358 e. The second-order valence-electron chi connectivity index (χ2n) is 6.47. The van der Waals surface area contributed by atoms with Gasteiger partial charge in [0.1, 0.15) is 5.72 Å². The lowest BCUT2D eigenvalue weighted by molar-refractivity contribution is -0.128. The van der Waals surface area contributed by atoms with Gasteiger partial charge in [0, 0.05) is 63.6 Å². The van der Waals surface area contributed by atoms with Crippen molar-refractivity contribution in [1.82, 2.24) is 24.7 Å². The highest BCUT2D eigenvalue weighted by molar-refractivity contribution is 5.94. The van der Waals surface area contributed by atoms with Crippen molar-refractivity contribution in [2.75, 3.05) is 31.5 Å². The number of piperidine rings is 1. The molecule has 1 aliphatic heterocycles. The molecule has 29 heavy (non-hydrogen) atoms. The Kier molecular flexibility index (Phi) is 3.93. The number of benzene rings is 1. The molecule has 2 heterocycles. The number of tetrazole rings is 1. The Hall–Kier alpha value is -2.52. The summed E-state index contributed by atoms with van der Waals surface area (Å²) in [4.78, 5) is 27.8. The van der Waals surface area contributed by atoms with Gasteiger partial charge in [-0.2, -0.15) is 9.36 Å². The summed E-state index contributed by atoms with van der Waals surface area (Å²) in [6.07, 6.45) is -3.03. The molecule has 0 aliphatic carbocycles. The minimum absolute atomic E-state index is 0.102. The number of carbonyl (C=O) groups is 1. The molecule has 158 valence electrons. The molecule has 1 amide bonds. The van der Waals surface area contributed by atoms with Crippen molar-refractivity contribution in [2.45, 2.75) is 51.8 Å². The van der Waals surface area contributed by atoms with E-state index in [1.54, 1.807) is 25.1 Å². The molecule has 1 aromatic heterocycles. The first-order valence-electron chi connectivity index (χ1n) is 13.8. The molecule has 9 heteroatoms. The van der Waals surface area contributed by atoms with Crippen molar-refractivity contribution >= 4 is 11.6 Å². The zero-order valence-corrected chi connectivity index (χ0v) is 16.3. The SMILES string of the molecule is [2H]C([2H])([2H])OC1(N(C(=O)C([2H])([2H])C)c2ccccc2)CCN(C([2H])([2H])C([2H])([2H])n2nnn(CC)c2=O)CC1. The number of rotatable bonds is 8. The highest BCUT2D eigenvalue weighted by Crippen LogP contribution is 2.34. The van der Waals surface area contributed by atoms with E-state index in [4.69, 9.17) is 17.1 Å². The van der Waals surface area contributed by atoms with E-state index in [1.807, 2.05) is 0 Å². The van der Waals surface area contributed by atoms with Gasteiger partial charge in [0.25, 0.3) is 0 Å². The fraction of sp³-hybridized carbons (Fsp3) is 0.600. The quantitative estimate of drug-likeness (QED) is 0.610. The lowest BCUT2D eigenvalue weighted by atomic mass is 9.96. The Morgan fingerprint density at radius 2 is 1.90 bits per heavy atom. The number of ether oxygens (including phenoxy) is 1. The fourth-order valence-corrected chi connectivity index (χ4v) is 3.23. The van der Waals surface area contributed by atoms with Gasteiger partial charge in [0.15, 0.2) is 0 Å². The van der Waals surface area contributed by atoms with Crippen LogP contribution in [0.5, 0.6) is 0 Å². The normalized spacial score (nSPS) is 23.2. The number of para-hydroxylation sites is 1. The van der Waals surface area contributed by atoms with Crippen molar-refractivity contribution in [3.8, 4) is 0 Å². The molecule has 0 radical (unpaired) electrons. The molecule has 0 atom stereocenters. The van der Waals surface area contributed by atoms with Crippen LogP contribution in [0.3, 0.4) is 0 Å². The number of anilines is 1. The van der Waals surface area contributed by atoms with Crippen LogP contribution in [0.25, 0.3) is 0 Å². The average molecular weight is 412 g/mol. The monoisotopic (exact) mass is 411 g/mol. The van der Waals surface area contributed by atoms with Crippen LogP contribution in [0.1, 0.15) is 45.4 Å². The van der Waals surface area contributed by atoms with Gasteiger partial charge in [-0.3, -0.25) is 9.69 Å². The molecular weight excluding hydrogens is 372 g/mol. The summed E-state index contributed by atoms with van der Waals surface area (Å²) in [7, 11) is -3.00. The lowest BCUT2D eigenvalue weighted by Crippen LogP contribution is -2.59. The van der Waals surface area contributed by atoms with Crippen molar-refractivity contribution in [3.05, 3.63) is 40.8 Å². The Morgan fingerprint density at radius 1 is 1.21 bits per heavy atom. The maximum absolute atomic E-state index is 13.3. The summed E-state index contributed by atoms with van der Waals surface area (Å²) < 4.78 is 79.9. The third-order valence-electron chi connectivity index (χ3n) is 4.83. The summed E-state index contributed by atoms with van der Waals surface area (Å²) in [5.74, 6) is -1.05. The van der Waals surface area contributed by atoms with Gasteiger partial charge in [0.2, 0.25) is 5.91 Å².